The Hall–Kier alpha value is -4.26. The number of anilines is 2. The maximum atomic E-state index is 13.4. The molecule has 0 aliphatic carbocycles. The fourth-order valence-corrected chi connectivity index (χ4v) is 4.62. The molecule has 0 radical (unpaired) electrons. The number of para-hydroxylation sites is 1. The van der Waals surface area contributed by atoms with Gasteiger partial charge in [0.15, 0.2) is 0 Å². The van der Waals surface area contributed by atoms with Gasteiger partial charge in [-0.05, 0) is 54.1 Å². The predicted octanol–water partition coefficient (Wildman–Crippen LogP) is 5.15. The van der Waals surface area contributed by atoms with E-state index in [1.165, 1.54) is 17.8 Å². The highest BCUT2D eigenvalue weighted by Gasteiger charge is 2.21. The third kappa shape index (κ3) is 3.75. The van der Waals surface area contributed by atoms with Crippen molar-refractivity contribution >= 4 is 22.4 Å². The summed E-state index contributed by atoms with van der Waals surface area (Å²) in [6.45, 7) is 3.65. The molecule has 6 rings (SSSR count). The highest BCUT2D eigenvalue weighted by Crippen LogP contribution is 2.34. The summed E-state index contributed by atoms with van der Waals surface area (Å²) in [5.41, 5.74) is 5.78. The molecule has 1 fully saturated rings. The summed E-state index contributed by atoms with van der Waals surface area (Å²) in [6.07, 6.45) is 3.52. The van der Waals surface area contributed by atoms with Crippen LogP contribution in [0.5, 0.6) is 0 Å². The summed E-state index contributed by atoms with van der Waals surface area (Å²) in [7, 11) is 0. The number of H-pyrrole nitrogens is 1. The van der Waals surface area contributed by atoms with Crippen LogP contribution in [0.2, 0.25) is 0 Å². The van der Waals surface area contributed by atoms with Crippen LogP contribution in [0.4, 0.5) is 15.9 Å². The average Bonchev–Trinajstić information content (AvgIpc) is 3.39. The fourth-order valence-electron chi connectivity index (χ4n) is 4.62. The van der Waals surface area contributed by atoms with Crippen molar-refractivity contribution in [2.75, 3.05) is 36.0 Å². The molecule has 7 heteroatoms. The lowest BCUT2D eigenvalue weighted by Crippen LogP contribution is -2.46. The zero-order chi connectivity index (χ0) is 22.9. The van der Waals surface area contributed by atoms with Crippen LogP contribution in [-0.2, 0) is 0 Å². The number of nitrogens with one attached hydrogen (secondary N) is 1. The van der Waals surface area contributed by atoms with Gasteiger partial charge >= 0.3 is 0 Å². The molecule has 0 spiro atoms. The monoisotopic (exact) mass is 450 g/mol. The topological polar surface area (TPSA) is 60.9 Å². The Labute approximate surface area is 196 Å². The standard InChI is InChI=1S/C27H23FN6/c28-21-9-6-19(7-10-21)26-24(17-31-32-26)20-8-11-25-23(16-20)27(30-18-29-25)34-14-12-33(13-15-34)22-4-2-1-3-5-22/h1-11,16-18H,12-15H2,(H,31,32). The molecule has 168 valence electrons. The quantitative estimate of drug-likeness (QED) is 0.410. The van der Waals surface area contributed by atoms with Gasteiger partial charge in [0.2, 0.25) is 0 Å². The molecule has 0 atom stereocenters. The van der Waals surface area contributed by atoms with Crippen molar-refractivity contribution in [1.82, 2.24) is 20.2 Å². The lowest BCUT2D eigenvalue weighted by Gasteiger charge is -2.37. The molecule has 0 unspecified atom stereocenters. The Morgan fingerprint density at radius 3 is 2.29 bits per heavy atom. The molecular formula is C27H23FN6. The number of benzene rings is 3. The Morgan fingerprint density at radius 1 is 0.765 bits per heavy atom. The Bertz CT molecular complexity index is 1420. The molecule has 1 aliphatic heterocycles. The van der Waals surface area contributed by atoms with Crippen molar-refractivity contribution in [2.45, 2.75) is 0 Å². The second-order valence-electron chi connectivity index (χ2n) is 8.39. The van der Waals surface area contributed by atoms with Crippen molar-refractivity contribution in [3.8, 4) is 22.4 Å². The van der Waals surface area contributed by atoms with Crippen LogP contribution in [0, 0.1) is 5.82 Å². The molecular weight excluding hydrogens is 427 g/mol. The van der Waals surface area contributed by atoms with Gasteiger partial charge < -0.3 is 9.80 Å². The lowest BCUT2D eigenvalue weighted by molar-refractivity contribution is 0.628. The molecule has 1 N–H and O–H groups in total. The van der Waals surface area contributed by atoms with Gasteiger partial charge in [0.05, 0.1) is 11.2 Å². The molecule has 0 saturated carbocycles. The van der Waals surface area contributed by atoms with E-state index in [1.54, 1.807) is 18.5 Å². The number of rotatable bonds is 4. The minimum absolute atomic E-state index is 0.263. The zero-order valence-corrected chi connectivity index (χ0v) is 18.5. The summed E-state index contributed by atoms with van der Waals surface area (Å²) >= 11 is 0. The highest BCUT2D eigenvalue weighted by atomic mass is 19.1. The van der Waals surface area contributed by atoms with Gasteiger partial charge in [-0.2, -0.15) is 5.10 Å². The molecule has 0 bridgehead atoms. The number of aromatic nitrogens is 4. The van der Waals surface area contributed by atoms with E-state index in [0.29, 0.717) is 0 Å². The van der Waals surface area contributed by atoms with Crippen LogP contribution in [0.3, 0.4) is 0 Å². The molecule has 0 amide bonds. The molecule has 3 aromatic carbocycles. The minimum Gasteiger partial charge on any atom is -0.368 e. The third-order valence-corrected chi connectivity index (χ3v) is 6.38. The largest absolute Gasteiger partial charge is 0.368 e. The Kier molecular flexibility index (Phi) is 5.14. The SMILES string of the molecule is Fc1ccc(-c2n[nH]cc2-c2ccc3ncnc(N4CCN(c5ccccc5)CC4)c3c2)cc1. The number of aromatic amines is 1. The first-order valence-electron chi connectivity index (χ1n) is 11.4. The van der Waals surface area contributed by atoms with Crippen molar-refractivity contribution in [3.05, 3.63) is 91.1 Å². The van der Waals surface area contributed by atoms with E-state index >= 15 is 0 Å². The van der Waals surface area contributed by atoms with Crippen LogP contribution in [0.15, 0.2) is 85.3 Å². The number of halogens is 1. The number of fused-ring (bicyclic) bond motifs is 1. The van der Waals surface area contributed by atoms with Gasteiger partial charge in [-0.25, -0.2) is 14.4 Å². The number of piperazine rings is 1. The van der Waals surface area contributed by atoms with Gasteiger partial charge in [-0.1, -0.05) is 24.3 Å². The number of hydrogen-bond acceptors (Lipinski definition) is 5. The van der Waals surface area contributed by atoms with Crippen LogP contribution < -0.4 is 9.80 Å². The van der Waals surface area contributed by atoms with E-state index < -0.39 is 0 Å². The van der Waals surface area contributed by atoms with E-state index in [1.807, 2.05) is 24.4 Å². The van der Waals surface area contributed by atoms with Gasteiger partial charge in [-0.3, -0.25) is 5.10 Å². The summed E-state index contributed by atoms with van der Waals surface area (Å²) in [5.74, 6) is 0.687. The molecule has 1 aliphatic rings. The Balaban J connectivity index is 1.32. The summed E-state index contributed by atoms with van der Waals surface area (Å²) in [6, 6.07) is 23.1. The van der Waals surface area contributed by atoms with Crippen molar-refractivity contribution in [1.29, 1.82) is 0 Å². The summed E-state index contributed by atoms with van der Waals surface area (Å²) < 4.78 is 13.4. The summed E-state index contributed by atoms with van der Waals surface area (Å²) in [4.78, 5) is 13.9. The van der Waals surface area contributed by atoms with Crippen LogP contribution in [-0.4, -0.2) is 46.3 Å². The predicted molar refractivity (Wildman–Crippen MR) is 133 cm³/mol. The second kappa shape index (κ2) is 8.59. The van der Waals surface area contributed by atoms with Crippen molar-refractivity contribution in [3.63, 3.8) is 0 Å². The van der Waals surface area contributed by atoms with Gasteiger partial charge in [0, 0.05) is 54.6 Å². The summed E-state index contributed by atoms with van der Waals surface area (Å²) in [5, 5.41) is 8.41. The molecule has 1 saturated heterocycles. The molecule has 3 heterocycles. The van der Waals surface area contributed by atoms with Gasteiger partial charge in [0.25, 0.3) is 0 Å². The third-order valence-electron chi connectivity index (χ3n) is 6.38. The lowest BCUT2D eigenvalue weighted by atomic mass is 10.00. The first kappa shape index (κ1) is 20.4. The fraction of sp³-hybridized carbons (Fsp3) is 0.148. The van der Waals surface area contributed by atoms with Crippen LogP contribution >= 0.6 is 0 Å². The smallest absolute Gasteiger partial charge is 0.140 e. The number of nitrogens with zero attached hydrogens (tertiary/aromatic N) is 5. The second-order valence-corrected chi connectivity index (χ2v) is 8.39. The zero-order valence-electron chi connectivity index (χ0n) is 18.5. The maximum Gasteiger partial charge on any atom is 0.140 e. The van der Waals surface area contributed by atoms with E-state index in [0.717, 1.165) is 65.3 Å². The van der Waals surface area contributed by atoms with Crippen molar-refractivity contribution in [2.24, 2.45) is 0 Å². The molecule has 34 heavy (non-hydrogen) atoms. The highest BCUT2D eigenvalue weighted by molar-refractivity contribution is 5.94. The van der Waals surface area contributed by atoms with Crippen molar-refractivity contribution < 1.29 is 4.39 Å². The van der Waals surface area contributed by atoms with Crippen LogP contribution in [0.25, 0.3) is 33.3 Å². The first-order valence-corrected chi connectivity index (χ1v) is 11.4. The minimum atomic E-state index is -0.263. The first-order chi connectivity index (χ1) is 16.8. The van der Waals surface area contributed by atoms with Gasteiger partial charge in [0.1, 0.15) is 18.0 Å². The maximum absolute atomic E-state index is 13.4. The van der Waals surface area contributed by atoms with E-state index in [2.05, 4.69) is 60.3 Å². The van der Waals surface area contributed by atoms with Gasteiger partial charge in [-0.15, -0.1) is 0 Å². The Morgan fingerprint density at radius 2 is 1.50 bits per heavy atom. The average molecular weight is 451 g/mol. The van der Waals surface area contributed by atoms with E-state index in [4.69, 9.17) is 0 Å². The van der Waals surface area contributed by atoms with Crippen LogP contribution in [0.1, 0.15) is 0 Å². The molecule has 5 aromatic rings. The van der Waals surface area contributed by atoms with E-state index in [-0.39, 0.29) is 5.82 Å². The normalized spacial score (nSPS) is 14.0. The molecule has 2 aromatic heterocycles. The van der Waals surface area contributed by atoms with E-state index in [9.17, 15) is 4.39 Å². The molecule has 6 nitrogen and oxygen atoms in total. The number of hydrogen-bond donors (Lipinski definition) is 1.